The minimum atomic E-state index is -0.418. The molecule has 1 amide bonds. The molecule has 25 heavy (non-hydrogen) atoms. The number of aryl methyl sites for hydroxylation is 2. The van der Waals surface area contributed by atoms with E-state index in [1.54, 1.807) is 12.1 Å². The molecule has 0 aliphatic rings. The van der Waals surface area contributed by atoms with Gasteiger partial charge in [-0.2, -0.15) is 0 Å². The van der Waals surface area contributed by atoms with Gasteiger partial charge in [0.25, 0.3) is 5.69 Å². The molecular weight excluding hydrogens is 336 g/mol. The fourth-order valence-electron chi connectivity index (χ4n) is 2.65. The first-order chi connectivity index (χ1) is 11.9. The van der Waals surface area contributed by atoms with E-state index in [1.165, 1.54) is 35.0 Å². The summed E-state index contributed by atoms with van der Waals surface area (Å²) in [5.74, 6) is 0.981. The molecule has 6 heteroatoms. The molecule has 0 spiro atoms. The van der Waals surface area contributed by atoms with Crippen molar-refractivity contribution < 1.29 is 9.72 Å². The maximum Gasteiger partial charge on any atom is 0.269 e. The number of carbonyl (C=O) groups excluding carboxylic acids is 1. The second-order valence-electron chi connectivity index (χ2n) is 6.07. The summed E-state index contributed by atoms with van der Waals surface area (Å²) >= 11 is 1.49. The van der Waals surface area contributed by atoms with E-state index in [0.717, 1.165) is 11.1 Å². The average Bonchev–Trinajstić information content (AvgIpc) is 2.55. The van der Waals surface area contributed by atoms with E-state index in [1.807, 2.05) is 19.9 Å². The van der Waals surface area contributed by atoms with Crippen LogP contribution in [0.3, 0.4) is 0 Å². The van der Waals surface area contributed by atoms with Gasteiger partial charge in [-0.05, 0) is 37.5 Å². The molecule has 0 bridgehead atoms. The van der Waals surface area contributed by atoms with Crippen LogP contribution in [0.15, 0.2) is 42.5 Å². The number of carbonyl (C=O) groups is 1. The number of hydrogen-bond donors (Lipinski definition) is 1. The number of thioether (sulfide) groups is 1. The fraction of sp³-hybridized carbons (Fsp3) is 0.316. The van der Waals surface area contributed by atoms with Crippen molar-refractivity contribution in [3.63, 3.8) is 0 Å². The lowest BCUT2D eigenvalue weighted by Gasteiger charge is -2.17. The van der Waals surface area contributed by atoms with Crippen LogP contribution in [0.1, 0.15) is 35.2 Å². The standard InChI is InChI=1S/C19H22N2O3S/c1-13-4-9-18(14(2)10-13)15(3)20-19(22)12-25-11-16-5-7-17(8-6-16)21(23)24/h4-10,15H,11-12H2,1-3H3,(H,20,22)/t15-/m0/s1. The SMILES string of the molecule is Cc1ccc([C@H](C)NC(=O)CSCc2ccc([N+](=O)[O-])cc2)c(C)c1. The van der Waals surface area contributed by atoms with Crippen LogP contribution in [0, 0.1) is 24.0 Å². The topological polar surface area (TPSA) is 72.2 Å². The van der Waals surface area contributed by atoms with Crippen LogP contribution >= 0.6 is 11.8 Å². The third kappa shape index (κ3) is 5.60. The fourth-order valence-corrected chi connectivity index (χ4v) is 3.45. The highest BCUT2D eigenvalue weighted by molar-refractivity contribution is 7.99. The molecular formula is C19H22N2O3S. The third-order valence-corrected chi connectivity index (χ3v) is 4.92. The maximum atomic E-state index is 12.1. The summed E-state index contributed by atoms with van der Waals surface area (Å²) in [5, 5.41) is 13.6. The smallest absolute Gasteiger partial charge is 0.269 e. The summed E-state index contributed by atoms with van der Waals surface area (Å²) in [5.41, 5.74) is 4.55. The molecule has 0 unspecified atom stereocenters. The van der Waals surface area contributed by atoms with Crippen LogP contribution in [0.5, 0.6) is 0 Å². The average molecular weight is 358 g/mol. The summed E-state index contributed by atoms with van der Waals surface area (Å²) < 4.78 is 0. The molecule has 0 aliphatic carbocycles. The van der Waals surface area contributed by atoms with Gasteiger partial charge in [0.15, 0.2) is 0 Å². The van der Waals surface area contributed by atoms with Crippen LogP contribution < -0.4 is 5.32 Å². The highest BCUT2D eigenvalue weighted by atomic mass is 32.2. The Morgan fingerprint density at radius 1 is 1.20 bits per heavy atom. The molecule has 0 radical (unpaired) electrons. The molecule has 132 valence electrons. The van der Waals surface area contributed by atoms with Gasteiger partial charge >= 0.3 is 0 Å². The molecule has 0 aromatic heterocycles. The van der Waals surface area contributed by atoms with Crippen LogP contribution in [0.2, 0.25) is 0 Å². The number of nitro benzene ring substituents is 1. The van der Waals surface area contributed by atoms with Gasteiger partial charge in [-0.3, -0.25) is 14.9 Å². The molecule has 0 fully saturated rings. The van der Waals surface area contributed by atoms with Gasteiger partial charge in [0.1, 0.15) is 0 Å². The van der Waals surface area contributed by atoms with Crippen molar-refractivity contribution in [3.8, 4) is 0 Å². The van der Waals surface area contributed by atoms with Crippen LogP contribution in [0.25, 0.3) is 0 Å². The number of nitrogens with one attached hydrogen (secondary N) is 1. The van der Waals surface area contributed by atoms with Gasteiger partial charge < -0.3 is 5.32 Å². The van der Waals surface area contributed by atoms with Crippen molar-refractivity contribution in [2.45, 2.75) is 32.6 Å². The second kappa shape index (κ2) is 8.67. The number of amides is 1. The molecule has 2 aromatic rings. The largest absolute Gasteiger partial charge is 0.349 e. The van der Waals surface area contributed by atoms with Gasteiger partial charge in [-0.25, -0.2) is 0 Å². The summed E-state index contributed by atoms with van der Waals surface area (Å²) in [6.45, 7) is 6.08. The predicted octanol–water partition coefficient (Wildman–Crippen LogP) is 4.32. The number of non-ortho nitro benzene ring substituents is 1. The minimum Gasteiger partial charge on any atom is -0.349 e. The Morgan fingerprint density at radius 2 is 1.88 bits per heavy atom. The van der Waals surface area contributed by atoms with E-state index < -0.39 is 4.92 Å². The van der Waals surface area contributed by atoms with Gasteiger partial charge in [0.2, 0.25) is 5.91 Å². The van der Waals surface area contributed by atoms with E-state index in [0.29, 0.717) is 11.5 Å². The molecule has 0 saturated carbocycles. The van der Waals surface area contributed by atoms with E-state index >= 15 is 0 Å². The van der Waals surface area contributed by atoms with Gasteiger partial charge in [0.05, 0.1) is 16.7 Å². The first kappa shape index (κ1) is 19.0. The van der Waals surface area contributed by atoms with Gasteiger partial charge in [-0.15, -0.1) is 11.8 Å². The van der Waals surface area contributed by atoms with Crippen molar-refractivity contribution in [2.75, 3.05) is 5.75 Å². The Hall–Kier alpha value is -2.34. The summed E-state index contributed by atoms with van der Waals surface area (Å²) in [7, 11) is 0. The van der Waals surface area contributed by atoms with Crippen molar-refractivity contribution in [2.24, 2.45) is 0 Å². The van der Waals surface area contributed by atoms with Crippen LogP contribution in [0.4, 0.5) is 5.69 Å². The molecule has 2 aromatic carbocycles. The Morgan fingerprint density at radius 3 is 2.48 bits per heavy atom. The first-order valence-electron chi connectivity index (χ1n) is 8.04. The van der Waals surface area contributed by atoms with E-state index in [9.17, 15) is 14.9 Å². The van der Waals surface area contributed by atoms with Gasteiger partial charge in [0, 0.05) is 17.9 Å². The zero-order valence-corrected chi connectivity index (χ0v) is 15.4. The van der Waals surface area contributed by atoms with Gasteiger partial charge in [-0.1, -0.05) is 35.9 Å². The molecule has 1 N–H and O–H groups in total. The lowest BCUT2D eigenvalue weighted by molar-refractivity contribution is -0.384. The predicted molar refractivity (Wildman–Crippen MR) is 102 cm³/mol. The Kier molecular flexibility index (Phi) is 6.58. The lowest BCUT2D eigenvalue weighted by Crippen LogP contribution is -2.28. The summed E-state index contributed by atoms with van der Waals surface area (Å²) in [4.78, 5) is 22.3. The zero-order chi connectivity index (χ0) is 18.4. The number of nitro groups is 1. The van der Waals surface area contributed by atoms with E-state index in [2.05, 4.69) is 24.4 Å². The molecule has 5 nitrogen and oxygen atoms in total. The first-order valence-corrected chi connectivity index (χ1v) is 9.20. The Balaban J connectivity index is 1.81. The van der Waals surface area contributed by atoms with Crippen LogP contribution in [-0.2, 0) is 10.5 Å². The highest BCUT2D eigenvalue weighted by Gasteiger charge is 2.12. The number of rotatable bonds is 7. The monoisotopic (exact) mass is 358 g/mol. The molecule has 0 heterocycles. The van der Waals surface area contributed by atoms with Crippen molar-refractivity contribution in [1.29, 1.82) is 0 Å². The van der Waals surface area contributed by atoms with E-state index in [-0.39, 0.29) is 17.6 Å². The highest BCUT2D eigenvalue weighted by Crippen LogP contribution is 2.20. The van der Waals surface area contributed by atoms with Crippen LogP contribution in [-0.4, -0.2) is 16.6 Å². The Labute approximate surface area is 152 Å². The molecule has 1 atom stereocenters. The number of benzene rings is 2. The van der Waals surface area contributed by atoms with Crippen molar-refractivity contribution in [1.82, 2.24) is 5.32 Å². The maximum absolute atomic E-state index is 12.1. The lowest BCUT2D eigenvalue weighted by atomic mass is 10.0. The van der Waals surface area contributed by atoms with Crippen molar-refractivity contribution in [3.05, 3.63) is 74.8 Å². The minimum absolute atomic E-state index is 0.0145. The summed E-state index contributed by atoms with van der Waals surface area (Å²) in [6.07, 6.45) is 0. The second-order valence-corrected chi connectivity index (χ2v) is 7.05. The quantitative estimate of drug-likeness (QED) is 0.591. The number of nitrogens with zero attached hydrogens (tertiary/aromatic N) is 1. The van der Waals surface area contributed by atoms with E-state index in [4.69, 9.17) is 0 Å². The Bertz CT molecular complexity index is 760. The third-order valence-electron chi connectivity index (χ3n) is 3.92. The molecule has 0 saturated heterocycles. The zero-order valence-electron chi connectivity index (χ0n) is 14.6. The molecule has 2 rings (SSSR count). The number of hydrogen-bond acceptors (Lipinski definition) is 4. The molecule has 0 aliphatic heterocycles. The normalized spacial score (nSPS) is 11.8. The summed E-state index contributed by atoms with van der Waals surface area (Å²) in [6, 6.07) is 12.6. The van der Waals surface area contributed by atoms with Crippen molar-refractivity contribution >= 4 is 23.4 Å².